The Morgan fingerprint density at radius 1 is 1.08 bits per heavy atom. The highest BCUT2D eigenvalue weighted by atomic mass is 79.9. The molecular weight excluding hydrogens is 376 g/mol. The lowest BCUT2D eigenvalue weighted by Gasteiger charge is -2.12. The molecule has 1 amide bonds. The van der Waals surface area contributed by atoms with Gasteiger partial charge in [0, 0.05) is 22.4 Å². The van der Waals surface area contributed by atoms with Gasteiger partial charge in [0.05, 0.1) is 5.56 Å². The van der Waals surface area contributed by atoms with E-state index in [1.807, 2.05) is 31.2 Å². The van der Waals surface area contributed by atoms with Crippen LogP contribution >= 0.6 is 15.9 Å². The normalized spacial score (nSPS) is 10.8. The van der Waals surface area contributed by atoms with Gasteiger partial charge in [-0.3, -0.25) is 4.79 Å². The molecule has 25 heavy (non-hydrogen) atoms. The van der Waals surface area contributed by atoms with Crippen LogP contribution in [0.5, 0.6) is 0 Å². The summed E-state index contributed by atoms with van der Waals surface area (Å²) in [6, 6.07) is 20.5. The molecule has 1 aromatic heterocycles. The standard InChI is InChI=1S/C21H21BrN2O/c1-15-19(21(23)25)14-20(17-10-5-11-18(22)13-17)24(15)12-6-9-16-7-3-2-4-8-16/h2-5,7-8,10-11,13-14H,6,9,12H2,1H3,(H2,23,25). The number of hydrogen-bond donors (Lipinski definition) is 1. The van der Waals surface area contributed by atoms with Crippen molar-refractivity contribution >= 4 is 21.8 Å². The fourth-order valence-electron chi connectivity index (χ4n) is 3.16. The molecule has 3 aromatic rings. The molecule has 128 valence electrons. The van der Waals surface area contributed by atoms with Crippen molar-refractivity contribution in [3.8, 4) is 11.3 Å². The van der Waals surface area contributed by atoms with E-state index in [9.17, 15) is 4.79 Å². The van der Waals surface area contributed by atoms with Crippen molar-refractivity contribution in [3.05, 3.63) is 82.0 Å². The smallest absolute Gasteiger partial charge is 0.250 e. The van der Waals surface area contributed by atoms with Crippen molar-refractivity contribution in [2.75, 3.05) is 0 Å². The van der Waals surface area contributed by atoms with E-state index in [2.05, 4.69) is 56.9 Å². The molecule has 0 fully saturated rings. The van der Waals surface area contributed by atoms with Crippen molar-refractivity contribution in [1.82, 2.24) is 4.57 Å². The van der Waals surface area contributed by atoms with Crippen LogP contribution in [0.2, 0.25) is 0 Å². The fourth-order valence-corrected chi connectivity index (χ4v) is 3.55. The molecule has 2 aromatic carbocycles. The molecule has 1 heterocycles. The molecule has 3 nitrogen and oxygen atoms in total. The van der Waals surface area contributed by atoms with Crippen LogP contribution in [0.25, 0.3) is 11.3 Å². The van der Waals surface area contributed by atoms with Crippen LogP contribution in [-0.4, -0.2) is 10.5 Å². The minimum absolute atomic E-state index is 0.379. The number of rotatable bonds is 6. The maximum atomic E-state index is 11.8. The minimum Gasteiger partial charge on any atom is -0.366 e. The first kappa shape index (κ1) is 17.5. The second kappa shape index (κ2) is 7.70. The Labute approximate surface area is 156 Å². The van der Waals surface area contributed by atoms with Crippen LogP contribution in [0.3, 0.4) is 0 Å². The molecule has 0 aliphatic rings. The highest BCUT2D eigenvalue weighted by molar-refractivity contribution is 9.10. The first-order valence-corrected chi connectivity index (χ1v) is 9.15. The number of halogens is 1. The third kappa shape index (κ3) is 4.02. The first-order chi connectivity index (χ1) is 12.1. The molecular formula is C21H21BrN2O. The molecule has 0 saturated heterocycles. The SMILES string of the molecule is Cc1c(C(N)=O)cc(-c2cccc(Br)c2)n1CCCc1ccccc1. The van der Waals surface area contributed by atoms with Crippen molar-refractivity contribution in [3.63, 3.8) is 0 Å². The van der Waals surface area contributed by atoms with E-state index in [4.69, 9.17) is 5.73 Å². The van der Waals surface area contributed by atoms with E-state index in [-0.39, 0.29) is 5.91 Å². The summed E-state index contributed by atoms with van der Waals surface area (Å²) in [5.41, 5.74) is 10.5. The number of carbonyl (C=O) groups is 1. The Balaban J connectivity index is 1.89. The molecule has 0 bridgehead atoms. The topological polar surface area (TPSA) is 48.0 Å². The molecule has 0 spiro atoms. The second-order valence-corrected chi connectivity index (χ2v) is 7.06. The van der Waals surface area contributed by atoms with Gasteiger partial charge in [-0.15, -0.1) is 0 Å². The van der Waals surface area contributed by atoms with E-state index < -0.39 is 0 Å². The zero-order valence-corrected chi connectivity index (χ0v) is 15.8. The zero-order chi connectivity index (χ0) is 17.8. The second-order valence-electron chi connectivity index (χ2n) is 6.14. The van der Waals surface area contributed by atoms with Crippen LogP contribution in [-0.2, 0) is 13.0 Å². The highest BCUT2D eigenvalue weighted by Crippen LogP contribution is 2.28. The number of hydrogen-bond acceptors (Lipinski definition) is 1. The Kier molecular flexibility index (Phi) is 5.39. The summed E-state index contributed by atoms with van der Waals surface area (Å²) >= 11 is 3.52. The number of benzene rings is 2. The van der Waals surface area contributed by atoms with Gasteiger partial charge in [-0.1, -0.05) is 58.4 Å². The number of nitrogens with zero attached hydrogens (tertiary/aromatic N) is 1. The number of nitrogens with two attached hydrogens (primary N) is 1. The van der Waals surface area contributed by atoms with Gasteiger partial charge in [-0.25, -0.2) is 0 Å². The average molecular weight is 397 g/mol. The molecule has 0 atom stereocenters. The van der Waals surface area contributed by atoms with Crippen LogP contribution < -0.4 is 5.73 Å². The molecule has 0 saturated carbocycles. The van der Waals surface area contributed by atoms with Crippen molar-refractivity contribution < 1.29 is 4.79 Å². The lowest BCUT2D eigenvalue weighted by molar-refractivity contribution is 0.0999. The predicted octanol–water partition coefficient (Wildman–Crippen LogP) is 4.96. The van der Waals surface area contributed by atoms with E-state index in [1.165, 1.54) is 5.56 Å². The number of aromatic nitrogens is 1. The minimum atomic E-state index is -0.379. The lowest BCUT2D eigenvalue weighted by Crippen LogP contribution is -2.12. The van der Waals surface area contributed by atoms with Gasteiger partial charge in [0.2, 0.25) is 0 Å². The molecule has 0 aliphatic heterocycles. The summed E-state index contributed by atoms with van der Waals surface area (Å²) in [5.74, 6) is -0.379. The van der Waals surface area contributed by atoms with Crippen LogP contribution in [0.15, 0.2) is 65.1 Å². The summed E-state index contributed by atoms with van der Waals surface area (Å²) in [4.78, 5) is 11.8. The molecule has 0 aliphatic carbocycles. The molecule has 2 N–H and O–H groups in total. The van der Waals surface area contributed by atoms with Crippen molar-refractivity contribution in [2.24, 2.45) is 5.73 Å². The maximum Gasteiger partial charge on any atom is 0.250 e. The summed E-state index contributed by atoms with van der Waals surface area (Å²) < 4.78 is 3.21. The zero-order valence-electron chi connectivity index (χ0n) is 14.2. The summed E-state index contributed by atoms with van der Waals surface area (Å²) in [5, 5.41) is 0. The lowest BCUT2D eigenvalue weighted by atomic mass is 10.1. The summed E-state index contributed by atoms with van der Waals surface area (Å²) in [6.45, 7) is 2.81. The van der Waals surface area contributed by atoms with E-state index in [0.29, 0.717) is 5.56 Å². The number of amides is 1. The fraction of sp³-hybridized carbons (Fsp3) is 0.190. The Bertz CT molecular complexity index is 884. The van der Waals surface area contributed by atoms with Gasteiger partial charge in [0.1, 0.15) is 0 Å². The van der Waals surface area contributed by atoms with Crippen LogP contribution in [0.4, 0.5) is 0 Å². The Morgan fingerprint density at radius 2 is 1.84 bits per heavy atom. The highest BCUT2D eigenvalue weighted by Gasteiger charge is 2.16. The van der Waals surface area contributed by atoms with Gasteiger partial charge < -0.3 is 10.3 Å². The molecule has 3 rings (SSSR count). The summed E-state index contributed by atoms with van der Waals surface area (Å²) in [6.07, 6.45) is 2.00. The molecule has 4 heteroatoms. The van der Waals surface area contributed by atoms with Gasteiger partial charge in [-0.2, -0.15) is 0 Å². The number of aryl methyl sites for hydroxylation is 1. The van der Waals surface area contributed by atoms with Gasteiger partial charge in [0.15, 0.2) is 0 Å². The predicted molar refractivity (Wildman–Crippen MR) is 106 cm³/mol. The van der Waals surface area contributed by atoms with E-state index in [0.717, 1.165) is 40.8 Å². The first-order valence-electron chi connectivity index (χ1n) is 8.36. The number of carbonyl (C=O) groups excluding carboxylic acids is 1. The van der Waals surface area contributed by atoms with Gasteiger partial charge >= 0.3 is 0 Å². The van der Waals surface area contributed by atoms with Crippen LogP contribution in [0.1, 0.15) is 28.0 Å². The molecule has 0 radical (unpaired) electrons. The average Bonchev–Trinajstić information content (AvgIpc) is 2.93. The van der Waals surface area contributed by atoms with E-state index in [1.54, 1.807) is 0 Å². The van der Waals surface area contributed by atoms with Crippen molar-refractivity contribution in [2.45, 2.75) is 26.3 Å². The quantitative estimate of drug-likeness (QED) is 0.628. The van der Waals surface area contributed by atoms with E-state index >= 15 is 0 Å². The van der Waals surface area contributed by atoms with Gasteiger partial charge in [-0.05, 0) is 49.1 Å². The molecule has 0 unspecified atom stereocenters. The third-order valence-electron chi connectivity index (χ3n) is 4.44. The van der Waals surface area contributed by atoms with Crippen molar-refractivity contribution in [1.29, 1.82) is 0 Å². The third-order valence-corrected chi connectivity index (χ3v) is 4.94. The summed E-state index contributed by atoms with van der Waals surface area (Å²) in [7, 11) is 0. The Morgan fingerprint density at radius 3 is 2.52 bits per heavy atom. The largest absolute Gasteiger partial charge is 0.366 e. The monoisotopic (exact) mass is 396 g/mol. The van der Waals surface area contributed by atoms with Gasteiger partial charge in [0.25, 0.3) is 5.91 Å². The maximum absolute atomic E-state index is 11.8. The Hall–Kier alpha value is -2.33. The number of primary amides is 1. The van der Waals surface area contributed by atoms with Crippen LogP contribution in [0, 0.1) is 6.92 Å².